The number of benzene rings is 1. The Balaban J connectivity index is 1.55. The van der Waals surface area contributed by atoms with E-state index in [0.29, 0.717) is 17.7 Å². The van der Waals surface area contributed by atoms with Gasteiger partial charge in [0, 0.05) is 24.6 Å². The predicted molar refractivity (Wildman–Crippen MR) is 108 cm³/mol. The number of carbonyl (C=O) groups is 1. The lowest BCUT2D eigenvalue weighted by molar-refractivity contribution is 0.00351. The van der Waals surface area contributed by atoms with Crippen molar-refractivity contribution in [2.75, 3.05) is 11.9 Å². The first-order valence-electron chi connectivity index (χ1n) is 9.60. The Morgan fingerprint density at radius 2 is 2.21 bits per heavy atom. The number of aromatic nitrogens is 4. The third-order valence-electron chi connectivity index (χ3n) is 5.04. The van der Waals surface area contributed by atoms with Crippen LogP contribution >= 0.6 is 0 Å². The maximum atomic E-state index is 11.3. The van der Waals surface area contributed by atoms with Gasteiger partial charge in [0.25, 0.3) is 0 Å². The number of aromatic carboxylic acids is 1. The summed E-state index contributed by atoms with van der Waals surface area (Å²) >= 11 is 0. The quantitative estimate of drug-likeness (QED) is 0.679. The second kappa shape index (κ2) is 8.00. The smallest absolute Gasteiger partial charge is 0.335 e. The molecule has 150 valence electrons. The molecule has 2 aromatic heterocycles. The van der Waals surface area contributed by atoms with Gasteiger partial charge >= 0.3 is 5.97 Å². The Bertz CT molecular complexity index is 1030. The van der Waals surface area contributed by atoms with Crippen LogP contribution in [-0.4, -0.2) is 43.5 Å². The van der Waals surface area contributed by atoms with Crippen LogP contribution in [0.15, 0.2) is 42.9 Å². The van der Waals surface area contributed by atoms with Crippen LogP contribution in [0, 0.1) is 6.92 Å². The van der Waals surface area contributed by atoms with Crippen molar-refractivity contribution >= 4 is 17.6 Å². The molecule has 0 saturated carbocycles. The molecule has 0 radical (unpaired) electrons. The van der Waals surface area contributed by atoms with Crippen molar-refractivity contribution in [3.05, 3.63) is 54.0 Å². The summed E-state index contributed by atoms with van der Waals surface area (Å²) in [5, 5.41) is 16.9. The normalized spacial score (nSPS) is 19.1. The minimum Gasteiger partial charge on any atom is -0.478 e. The van der Waals surface area contributed by atoms with Crippen LogP contribution in [-0.2, 0) is 4.74 Å². The zero-order valence-electron chi connectivity index (χ0n) is 16.4. The van der Waals surface area contributed by atoms with Crippen molar-refractivity contribution in [2.24, 2.45) is 0 Å². The van der Waals surface area contributed by atoms with E-state index in [2.05, 4.69) is 27.3 Å². The second-order valence-corrected chi connectivity index (χ2v) is 7.30. The highest BCUT2D eigenvalue weighted by molar-refractivity contribution is 5.89. The topological polar surface area (TPSA) is 102 Å². The van der Waals surface area contributed by atoms with Crippen LogP contribution in [0.5, 0.6) is 0 Å². The molecule has 0 spiro atoms. The lowest BCUT2D eigenvalue weighted by Gasteiger charge is -2.27. The first kappa shape index (κ1) is 19.1. The molecule has 2 atom stereocenters. The van der Waals surface area contributed by atoms with Gasteiger partial charge in [-0.3, -0.25) is 4.68 Å². The van der Waals surface area contributed by atoms with Crippen LogP contribution in [0.25, 0.3) is 11.3 Å². The third-order valence-corrected chi connectivity index (χ3v) is 5.04. The molecule has 8 heteroatoms. The Morgan fingerprint density at radius 1 is 1.34 bits per heavy atom. The molecule has 4 rings (SSSR count). The van der Waals surface area contributed by atoms with Crippen LogP contribution in [0.2, 0.25) is 0 Å². The van der Waals surface area contributed by atoms with E-state index in [-0.39, 0.29) is 11.7 Å². The Hall–Kier alpha value is -3.26. The predicted octanol–water partition coefficient (Wildman–Crippen LogP) is 3.83. The highest BCUT2D eigenvalue weighted by Gasteiger charge is 2.21. The molecule has 1 aliphatic heterocycles. The average Bonchev–Trinajstić information content (AvgIpc) is 3.18. The van der Waals surface area contributed by atoms with Crippen molar-refractivity contribution < 1.29 is 14.6 Å². The summed E-state index contributed by atoms with van der Waals surface area (Å²) in [4.78, 5) is 20.2. The second-order valence-electron chi connectivity index (χ2n) is 7.30. The number of hydrogen-bond donors (Lipinski definition) is 2. The number of carboxylic acids is 1. The summed E-state index contributed by atoms with van der Waals surface area (Å²) in [5.41, 5.74) is 3.32. The van der Waals surface area contributed by atoms with Crippen molar-refractivity contribution in [1.29, 1.82) is 0 Å². The van der Waals surface area contributed by atoms with Crippen molar-refractivity contribution in [2.45, 2.75) is 38.8 Å². The molecule has 2 unspecified atom stereocenters. The lowest BCUT2D eigenvalue weighted by Crippen LogP contribution is -2.25. The van der Waals surface area contributed by atoms with E-state index in [1.54, 1.807) is 30.6 Å². The van der Waals surface area contributed by atoms with Gasteiger partial charge in [-0.1, -0.05) is 12.1 Å². The number of aryl methyl sites for hydroxylation is 1. The highest BCUT2D eigenvalue weighted by atomic mass is 16.5. The molecule has 3 aromatic rings. The average molecular weight is 393 g/mol. The molecule has 2 N–H and O–H groups in total. The van der Waals surface area contributed by atoms with Gasteiger partial charge < -0.3 is 15.2 Å². The van der Waals surface area contributed by atoms with Crippen LogP contribution in [0.3, 0.4) is 0 Å². The van der Waals surface area contributed by atoms with E-state index in [1.165, 1.54) is 0 Å². The van der Waals surface area contributed by atoms with Crippen LogP contribution < -0.4 is 5.32 Å². The van der Waals surface area contributed by atoms with E-state index in [9.17, 15) is 9.90 Å². The number of nitrogens with zero attached hydrogens (tertiary/aromatic N) is 4. The molecule has 0 amide bonds. The number of nitrogens with one attached hydrogen (secondary N) is 1. The molecular weight excluding hydrogens is 370 g/mol. The summed E-state index contributed by atoms with van der Waals surface area (Å²) in [6.45, 7) is 4.72. The monoisotopic (exact) mass is 393 g/mol. The first-order valence-corrected chi connectivity index (χ1v) is 9.60. The van der Waals surface area contributed by atoms with Gasteiger partial charge in [0.15, 0.2) is 0 Å². The molecule has 29 heavy (non-hydrogen) atoms. The minimum absolute atomic E-state index is 0.224. The standard InChI is InChI=1S/C21H23N5O3/c1-13-10-22-21(25-19(13)15-4-3-5-16(9-15)20(27)28)24-17-11-23-26(12-17)18-6-7-29-14(2)8-18/h3-5,9-12,14,18H,6-8H2,1-2H3,(H,27,28)(H,22,24,25). The summed E-state index contributed by atoms with van der Waals surface area (Å²) in [6.07, 6.45) is 7.55. The summed E-state index contributed by atoms with van der Waals surface area (Å²) in [7, 11) is 0. The molecular formula is C21H23N5O3. The molecule has 0 bridgehead atoms. The van der Waals surface area contributed by atoms with E-state index in [4.69, 9.17) is 4.74 Å². The van der Waals surface area contributed by atoms with Gasteiger partial charge in [-0.15, -0.1) is 0 Å². The molecule has 8 nitrogen and oxygen atoms in total. The minimum atomic E-state index is -0.966. The maximum absolute atomic E-state index is 11.3. The van der Waals surface area contributed by atoms with Crippen molar-refractivity contribution in [3.8, 4) is 11.3 Å². The Kier molecular flexibility index (Phi) is 5.26. The molecule has 0 aliphatic carbocycles. The molecule has 1 aromatic carbocycles. The van der Waals surface area contributed by atoms with Gasteiger partial charge in [-0.05, 0) is 44.4 Å². The number of carboxylic acid groups (broad SMARTS) is 1. The Morgan fingerprint density at radius 3 is 3.00 bits per heavy atom. The van der Waals surface area contributed by atoms with Crippen LogP contribution in [0.4, 0.5) is 11.6 Å². The van der Waals surface area contributed by atoms with Gasteiger partial charge in [0.2, 0.25) is 5.95 Å². The van der Waals surface area contributed by atoms with Crippen LogP contribution in [0.1, 0.15) is 41.7 Å². The van der Waals surface area contributed by atoms with E-state index in [0.717, 1.165) is 36.3 Å². The fraction of sp³-hybridized carbons (Fsp3) is 0.333. The summed E-state index contributed by atoms with van der Waals surface area (Å²) in [5.74, 6) is -0.530. The number of rotatable bonds is 5. The third kappa shape index (κ3) is 4.27. The maximum Gasteiger partial charge on any atom is 0.335 e. The lowest BCUT2D eigenvalue weighted by atomic mass is 10.1. The van der Waals surface area contributed by atoms with Gasteiger partial charge in [0.05, 0.1) is 35.3 Å². The summed E-state index contributed by atoms with van der Waals surface area (Å²) < 4.78 is 7.57. The largest absolute Gasteiger partial charge is 0.478 e. The van der Waals surface area contributed by atoms with Gasteiger partial charge in [-0.2, -0.15) is 5.10 Å². The zero-order chi connectivity index (χ0) is 20.4. The van der Waals surface area contributed by atoms with E-state index in [1.807, 2.05) is 23.9 Å². The van der Waals surface area contributed by atoms with Crippen molar-refractivity contribution in [3.63, 3.8) is 0 Å². The fourth-order valence-corrected chi connectivity index (χ4v) is 3.54. The zero-order valence-corrected chi connectivity index (χ0v) is 16.4. The molecule has 3 heterocycles. The molecule has 1 aliphatic rings. The van der Waals surface area contributed by atoms with E-state index >= 15 is 0 Å². The van der Waals surface area contributed by atoms with E-state index < -0.39 is 5.97 Å². The molecule has 1 saturated heterocycles. The summed E-state index contributed by atoms with van der Waals surface area (Å²) in [6, 6.07) is 7.06. The van der Waals surface area contributed by atoms with Gasteiger partial charge in [-0.25, -0.2) is 14.8 Å². The highest BCUT2D eigenvalue weighted by Crippen LogP contribution is 2.27. The fourth-order valence-electron chi connectivity index (χ4n) is 3.54. The number of anilines is 2. The van der Waals surface area contributed by atoms with Gasteiger partial charge in [0.1, 0.15) is 0 Å². The Labute approximate surface area is 168 Å². The first-order chi connectivity index (χ1) is 14.0. The van der Waals surface area contributed by atoms with Crippen molar-refractivity contribution in [1.82, 2.24) is 19.7 Å². The SMILES string of the molecule is Cc1cnc(Nc2cnn(C3CCOC(C)C3)c2)nc1-c1cccc(C(=O)O)c1. The number of hydrogen-bond acceptors (Lipinski definition) is 6. The molecule has 1 fully saturated rings. The number of ether oxygens (including phenoxy) is 1.